The summed E-state index contributed by atoms with van der Waals surface area (Å²) in [5, 5.41) is 2.86. The first-order chi connectivity index (χ1) is 12.9. The molecule has 0 saturated heterocycles. The zero-order valence-electron chi connectivity index (χ0n) is 16.3. The van der Waals surface area contributed by atoms with Gasteiger partial charge in [-0.3, -0.25) is 4.79 Å². The molecule has 0 aliphatic heterocycles. The highest BCUT2D eigenvalue weighted by atomic mass is 16.6. The van der Waals surface area contributed by atoms with Crippen molar-refractivity contribution >= 4 is 17.6 Å². The molecule has 0 fully saturated rings. The number of benzene rings is 2. The summed E-state index contributed by atoms with van der Waals surface area (Å²) in [6.45, 7) is 7.41. The minimum Gasteiger partial charge on any atom is -0.482 e. The lowest BCUT2D eigenvalue weighted by molar-refractivity contribution is -0.155. The van der Waals surface area contributed by atoms with Gasteiger partial charge in [-0.15, -0.1) is 0 Å². The van der Waals surface area contributed by atoms with Crippen LogP contribution < -0.4 is 10.1 Å². The molecular weight excluding hydrogens is 342 g/mol. The van der Waals surface area contributed by atoms with Gasteiger partial charge in [0.25, 0.3) is 5.91 Å². The van der Waals surface area contributed by atoms with E-state index >= 15 is 0 Å². The number of carbonyl (C=O) groups is 2. The van der Waals surface area contributed by atoms with E-state index in [1.165, 1.54) is 0 Å². The molecule has 1 N–H and O–H groups in total. The highest BCUT2D eigenvalue weighted by molar-refractivity contribution is 5.95. The van der Waals surface area contributed by atoms with Crippen LogP contribution in [0.2, 0.25) is 0 Å². The first-order valence-electron chi connectivity index (χ1n) is 9.20. The lowest BCUT2D eigenvalue weighted by Crippen LogP contribution is -2.32. The Balaban J connectivity index is 1.90. The molecule has 2 aromatic rings. The number of esters is 1. The fourth-order valence-corrected chi connectivity index (χ4v) is 2.63. The lowest BCUT2D eigenvalue weighted by Gasteiger charge is -2.18. The Hall–Kier alpha value is -2.82. The van der Waals surface area contributed by atoms with Crippen molar-refractivity contribution in [3.63, 3.8) is 0 Å². The van der Waals surface area contributed by atoms with Crippen LogP contribution in [0.25, 0.3) is 0 Å². The molecule has 2 rings (SSSR count). The van der Waals surface area contributed by atoms with Gasteiger partial charge >= 0.3 is 5.97 Å². The number of rotatable bonds is 8. The van der Waals surface area contributed by atoms with Crippen molar-refractivity contribution in [3.8, 4) is 5.75 Å². The molecule has 27 heavy (non-hydrogen) atoms. The van der Waals surface area contributed by atoms with Crippen LogP contribution in [-0.4, -0.2) is 24.6 Å². The van der Waals surface area contributed by atoms with Crippen LogP contribution in [0.15, 0.2) is 48.5 Å². The first kappa shape index (κ1) is 20.5. The zero-order valence-corrected chi connectivity index (χ0v) is 16.3. The Morgan fingerprint density at radius 1 is 1.04 bits per heavy atom. The van der Waals surface area contributed by atoms with Gasteiger partial charge in [-0.2, -0.15) is 0 Å². The van der Waals surface area contributed by atoms with E-state index in [9.17, 15) is 9.59 Å². The molecule has 2 atom stereocenters. The van der Waals surface area contributed by atoms with Gasteiger partial charge in [0.15, 0.2) is 12.7 Å². The molecule has 0 radical (unpaired) electrons. The third-order valence-electron chi connectivity index (χ3n) is 4.48. The Morgan fingerprint density at radius 2 is 1.70 bits per heavy atom. The van der Waals surface area contributed by atoms with E-state index < -0.39 is 12.1 Å². The molecule has 1 amide bonds. The standard InChI is InChI=1S/C22H27NO4/c1-5-15(2)18-11-7-8-12-19(18)23-22(25)17(4)27-21(24)14-26-20-13-9-6-10-16(20)3/h6-13,15,17H,5,14H2,1-4H3,(H,23,25)/t15-,17+/m1/s1. The van der Waals surface area contributed by atoms with Crippen LogP contribution in [0, 0.1) is 6.92 Å². The molecule has 0 unspecified atom stereocenters. The molecule has 5 nitrogen and oxygen atoms in total. The number of hydrogen-bond acceptors (Lipinski definition) is 4. The SMILES string of the molecule is CC[C@@H](C)c1ccccc1NC(=O)[C@H](C)OC(=O)COc1ccccc1C. The monoisotopic (exact) mass is 369 g/mol. The minimum absolute atomic E-state index is 0.244. The molecular formula is C22H27NO4. The summed E-state index contributed by atoms with van der Waals surface area (Å²) in [4.78, 5) is 24.4. The van der Waals surface area contributed by atoms with Gasteiger partial charge in [0.2, 0.25) is 0 Å². The van der Waals surface area contributed by atoms with Gasteiger partial charge in [0.1, 0.15) is 5.75 Å². The average molecular weight is 369 g/mol. The van der Waals surface area contributed by atoms with Crippen molar-refractivity contribution in [3.05, 3.63) is 59.7 Å². The summed E-state index contributed by atoms with van der Waals surface area (Å²) < 4.78 is 10.7. The van der Waals surface area contributed by atoms with Crippen molar-refractivity contribution in [1.29, 1.82) is 0 Å². The van der Waals surface area contributed by atoms with Gasteiger partial charge < -0.3 is 14.8 Å². The number of nitrogens with one attached hydrogen (secondary N) is 1. The maximum absolute atomic E-state index is 12.4. The van der Waals surface area contributed by atoms with Crippen LogP contribution in [-0.2, 0) is 14.3 Å². The quantitative estimate of drug-likeness (QED) is 0.698. The summed E-state index contributed by atoms with van der Waals surface area (Å²) in [7, 11) is 0. The van der Waals surface area contributed by atoms with Crippen molar-refractivity contribution in [2.45, 2.75) is 46.1 Å². The number of anilines is 1. The molecule has 0 saturated carbocycles. The Kier molecular flexibility index (Phi) is 7.41. The lowest BCUT2D eigenvalue weighted by atomic mass is 9.97. The van der Waals surface area contributed by atoms with Crippen LogP contribution >= 0.6 is 0 Å². The fourth-order valence-electron chi connectivity index (χ4n) is 2.63. The maximum Gasteiger partial charge on any atom is 0.344 e. The summed E-state index contributed by atoms with van der Waals surface area (Å²) in [6.07, 6.45) is 0.0520. The second-order valence-electron chi connectivity index (χ2n) is 6.57. The predicted octanol–water partition coefficient (Wildman–Crippen LogP) is 4.46. The smallest absolute Gasteiger partial charge is 0.344 e. The Labute approximate surface area is 160 Å². The molecule has 0 heterocycles. The number of ether oxygens (including phenoxy) is 2. The molecule has 0 aliphatic rings. The van der Waals surface area contributed by atoms with Crippen LogP contribution in [0.3, 0.4) is 0 Å². The van der Waals surface area contributed by atoms with Gasteiger partial charge in [-0.25, -0.2) is 4.79 Å². The summed E-state index contributed by atoms with van der Waals surface area (Å²) in [5.74, 6) is -0.0120. The third-order valence-corrected chi connectivity index (χ3v) is 4.48. The van der Waals surface area contributed by atoms with Crippen molar-refractivity contribution in [1.82, 2.24) is 0 Å². The van der Waals surface area contributed by atoms with E-state index in [1.807, 2.05) is 49.4 Å². The number of hydrogen-bond donors (Lipinski definition) is 1. The molecule has 144 valence electrons. The van der Waals surface area contributed by atoms with Gasteiger partial charge in [-0.1, -0.05) is 50.2 Å². The second kappa shape index (κ2) is 9.76. The van der Waals surface area contributed by atoms with Gasteiger partial charge in [0.05, 0.1) is 0 Å². The minimum atomic E-state index is -0.914. The largest absolute Gasteiger partial charge is 0.482 e. The van der Waals surface area contributed by atoms with E-state index in [-0.39, 0.29) is 12.5 Å². The zero-order chi connectivity index (χ0) is 19.8. The van der Waals surface area contributed by atoms with Gasteiger partial charge in [-0.05, 0) is 49.4 Å². The topological polar surface area (TPSA) is 64.6 Å². The van der Waals surface area contributed by atoms with Crippen molar-refractivity contribution in [2.75, 3.05) is 11.9 Å². The molecule has 0 spiro atoms. The Morgan fingerprint density at radius 3 is 2.41 bits per heavy atom. The molecule has 0 aliphatic carbocycles. The molecule has 5 heteroatoms. The number of carbonyl (C=O) groups excluding carboxylic acids is 2. The average Bonchev–Trinajstić information content (AvgIpc) is 2.67. The molecule has 0 bridgehead atoms. The second-order valence-corrected chi connectivity index (χ2v) is 6.57. The van der Waals surface area contributed by atoms with Crippen LogP contribution in [0.1, 0.15) is 44.2 Å². The van der Waals surface area contributed by atoms with E-state index in [0.29, 0.717) is 11.7 Å². The van der Waals surface area contributed by atoms with Crippen molar-refractivity contribution in [2.24, 2.45) is 0 Å². The summed E-state index contributed by atoms with van der Waals surface area (Å²) in [5.41, 5.74) is 2.74. The molecule has 0 aromatic heterocycles. The molecule has 2 aromatic carbocycles. The van der Waals surface area contributed by atoms with Crippen LogP contribution in [0.4, 0.5) is 5.69 Å². The highest BCUT2D eigenvalue weighted by Gasteiger charge is 2.20. The summed E-state index contributed by atoms with van der Waals surface area (Å²) >= 11 is 0. The fraction of sp³-hybridized carbons (Fsp3) is 0.364. The normalized spacial score (nSPS) is 12.7. The van der Waals surface area contributed by atoms with Crippen molar-refractivity contribution < 1.29 is 19.1 Å². The highest BCUT2D eigenvalue weighted by Crippen LogP contribution is 2.26. The third kappa shape index (κ3) is 5.84. The number of amides is 1. The van der Waals surface area contributed by atoms with E-state index in [1.54, 1.807) is 13.0 Å². The Bertz CT molecular complexity index is 787. The predicted molar refractivity (Wildman–Crippen MR) is 106 cm³/mol. The van der Waals surface area contributed by atoms with E-state index in [2.05, 4.69) is 19.2 Å². The summed E-state index contributed by atoms with van der Waals surface area (Å²) in [6, 6.07) is 15.1. The van der Waals surface area contributed by atoms with E-state index in [0.717, 1.165) is 23.2 Å². The van der Waals surface area contributed by atoms with Crippen LogP contribution in [0.5, 0.6) is 5.75 Å². The van der Waals surface area contributed by atoms with E-state index in [4.69, 9.17) is 9.47 Å². The first-order valence-corrected chi connectivity index (χ1v) is 9.20. The number of aryl methyl sites for hydroxylation is 1. The maximum atomic E-state index is 12.4. The number of para-hydroxylation sites is 2. The van der Waals surface area contributed by atoms with Gasteiger partial charge in [0, 0.05) is 5.69 Å².